The molecule has 0 aliphatic carbocycles. The highest BCUT2D eigenvalue weighted by molar-refractivity contribution is 5.98. The van der Waals surface area contributed by atoms with E-state index < -0.39 is 11.9 Å². The van der Waals surface area contributed by atoms with Gasteiger partial charge in [-0.15, -0.1) is 0 Å². The number of methoxy groups -OCH3 is 1. The second-order valence-corrected chi connectivity index (χ2v) is 6.41. The third-order valence-corrected chi connectivity index (χ3v) is 4.75. The minimum Gasteiger partial charge on any atom is -0.507 e. The molecule has 1 N–H and O–H groups in total. The standard InChI is InChI=1S/C20H18O7/c1-10(21)12-3-4-14-18(19(12)23)13(9-17(22)27-14)11-7-15(24-2)20-16(8-11)25-5-6-26-20/h3-4,7-8,13,23H,5-6,9H2,1-2H3/t13-/m0/s1. The fraction of sp³-hybridized carbons (Fsp3) is 0.300. The molecule has 0 fully saturated rings. The van der Waals surface area contributed by atoms with E-state index in [1.165, 1.54) is 26.2 Å². The van der Waals surface area contributed by atoms with Gasteiger partial charge in [0.2, 0.25) is 5.75 Å². The van der Waals surface area contributed by atoms with Crippen LogP contribution in [0.2, 0.25) is 0 Å². The summed E-state index contributed by atoms with van der Waals surface area (Å²) in [7, 11) is 1.52. The van der Waals surface area contributed by atoms with Gasteiger partial charge in [-0.1, -0.05) is 0 Å². The van der Waals surface area contributed by atoms with Gasteiger partial charge < -0.3 is 24.1 Å². The molecule has 0 aromatic heterocycles. The molecule has 4 rings (SSSR count). The highest BCUT2D eigenvalue weighted by atomic mass is 16.6. The SMILES string of the molecule is COc1cc([C@@H]2CC(=O)Oc3ccc(C(C)=O)c(O)c32)cc2c1OCCO2. The van der Waals surface area contributed by atoms with Gasteiger partial charge in [0.05, 0.1) is 19.1 Å². The molecule has 2 aliphatic rings. The van der Waals surface area contributed by atoms with Crippen molar-refractivity contribution in [1.82, 2.24) is 0 Å². The number of fused-ring (bicyclic) bond motifs is 2. The molecule has 0 saturated heterocycles. The Morgan fingerprint density at radius 1 is 1.19 bits per heavy atom. The number of phenols is 1. The third-order valence-electron chi connectivity index (χ3n) is 4.75. The Balaban J connectivity index is 1.90. The maximum Gasteiger partial charge on any atom is 0.312 e. The van der Waals surface area contributed by atoms with Gasteiger partial charge in [0.1, 0.15) is 24.7 Å². The normalized spacial score (nSPS) is 17.7. The molecule has 0 unspecified atom stereocenters. The molecule has 2 heterocycles. The Morgan fingerprint density at radius 2 is 1.96 bits per heavy atom. The number of ether oxygens (including phenoxy) is 4. The monoisotopic (exact) mass is 370 g/mol. The van der Waals surface area contributed by atoms with Crippen molar-refractivity contribution < 1.29 is 33.6 Å². The van der Waals surface area contributed by atoms with E-state index in [2.05, 4.69) is 0 Å². The molecule has 1 atom stereocenters. The van der Waals surface area contributed by atoms with Gasteiger partial charge in [-0.3, -0.25) is 9.59 Å². The summed E-state index contributed by atoms with van der Waals surface area (Å²) in [6.45, 7) is 2.20. The first kappa shape index (κ1) is 17.2. The largest absolute Gasteiger partial charge is 0.507 e. The zero-order chi connectivity index (χ0) is 19.1. The molecule has 0 saturated carbocycles. The maximum atomic E-state index is 12.1. The summed E-state index contributed by atoms with van der Waals surface area (Å²) in [5.41, 5.74) is 1.28. The number of aromatic hydroxyl groups is 1. The molecule has 140 valence electrons. The van der Waals surface area contributed by atoms with Crippen molar-refractivity contribution in [2.45, 2.75) is 19.3 Å². The number of carbonyl (C=O) groups is 2. The Labute approximate surface area is 155 Å². The van der Waals surface area contributed by atoms with E-state index >= 15 is 0 Å². The minimum atomic E-state index is -0.509. The van der Waals surface area contributed by atoms with Crippen molar-refractivity contribution in [2.75, 3.05) is 20.3 Å². The molecule has 0 bridgehead atoms. The van der Waals surface area contributed by atoms with Gasteiger partial charge >= 0.3 is 5.97 Å². The summed E-state index contributed by atoms with van der Waals surface area (Å²) >= 11 is 0. The first-order valence-corrected chi connectivity index (χ1v) is 8.54. The van der Waals surface area contributed by atoms with Crippen LogP contribution < -0.4 is 18.9 Å². The lowest BCUT2D eigenvalue weighted by Gasteiger charge is -2.28. The van der Waals surface area contributed by atoms with Crippen LogP contribution >= 0.6 is 0 Å². The average Bonchev–Trinajstić information content (AvgIpc) is 2.66. The van der Waals surface area contributed by atoms with Crippen LogP contribution in [0.5, 0.6) is 28.7 Å². The highest BCUT2D eigenvalue weighted by Crippen LogP contribution is 2.49. The van der Waals surface area contributed by atoms with E-state index in [-0.39, 0.29) is 29.3 Å². The van der Waals surface area contributed by atoms with E-state index in [1.807, 2.05) is 0 Å². The molecule has 2 aromatic carbocycles. The fourth-order valence-corrected chi connectivity index (χ4v) is 3.51. The Morgan fingerprint density at radius 3 is 2.70 bits per heavy atom. The van der Waals surface area contributed by atoms with Crippen LogP contribution in [0.15, 0.2) is 24.3 Å². The van der Waals surface area contributed by atoms with Gasteiger partial charge in [0.25, 0.3) is 0 Å². The summed E-state index contributed by atoms with van der Waals surface area (Å²) in [6, 6.07) is 6.51. The summed E-state index contributed by atoms with van der Waals surface area (Å²) in [6.07, 6.45) is 0.0186. The van der Waals surface area contributed by atoms with E-state index in [0.29, 0.717) is 41.6 Å². The van der Waals surface area contributed by atoms with Crippen LogP contribution in [0.25, 0.3) is 0 Å². The van der Waals surface area contributed by atoms with Crippen LogP contribution in [-0.2, 0) is 4.79 Å². The zero-order valence-electron chi connectivity index (χ0n) is 14.9. The molecule has 0 radical (unpaired) electrons. The molecule has 0 amide bonds. The Bertz CT molecular complexity index is 931. The number of hydrogen-bond acceptors (Lipinski definition) is 7. The van der Waals surface area contributed by atoms with Crippen molar-refractivity contribution in [3.8, 4) is 28.7 Å². The van der Waals surface area contributed by atoms with Crippen molar-refractivity contribution >= 4 is 11.8 Å². The number of hydrogen-bond donors (Lipinski definition) is 1. The van der Waals surface area contributed by atoms with E-state index in [1.54, 1.807) is 12.1 Å². The molecular formula is C20H18O7. The molecule has 0 spiro atoms. The summed E-state index contributed by atoms with van der Waals surface area (Å²) in [4.78, 5) is 24.0. The first-order chi connectivity index (χ1) is 13.0. The van der Waals surface area contributed by atoms with Gasteiger partial charge in [-0.25, -0.2) is 0 Å². The number of Topliss-reactive ketones (excluding diaryl/α,β-unsaturated/α-hetero) is 1. The van der Waals surface area contributed by atoms with E-state index in [4.69, 9.17) is 18.9 Å². The predicted molar refractivity (Wildman–Crippen MR) is 94.2 cm³/mol. The second-order valence-electron chi connectivity index (χ2n) is 6.41. The number of phenolic OH excluding ortho intramolecular Hbond substituents is 1. The molecule has 7 heteroatoms. The average molecular weight is 370 g/mol. The van der Waals surface area contributed by atoms with Crippen LogP contribution in [0.3, 0.4) is 0 Å². The smallest absolute Gasteiger partial charge is 0.312 e. The molecular weight excluding hydrogens is 352 g/mol. The van der Waals surface area contributed by atoms with Gasteiger partial charge in [-0.05, 0) is 36.8 Å². The summed E-state index contributed by atoms with van der Waals surface area (Å²) < 4.78 is 22.0. The van der Waals surface area contributed by atoms with Crippen LogP contribution in [0, 0.1) is 0 Å². The third kappa shape index (κ3) is 2.85. The van der Waals surface area contributed by atoms with Crippen LogP contribution in [-0.4, -0.2) is 37.2 Å². The van der Waals surface area contributed by atoms with Crippen molar-refractivity contribution in [1.29, 1.82) is 0 Å². The lowest BCUT2D eigenvalue weighted by molar-refractivity contribution is -0.135. The van der Waals surface area contributed by atoms with Gasteiger partial charge in [0, 0.05) is 11.5 Å². The van der Waals surface area contributed by atoms with E-state index in [0.717, 1.165) is 0 Å². The van der Waals surface area contributed by atoms with E-state index in [9.17, 15) is 14.7 Å². The Hall–Kier alpha value is -3.22. The minimum absolute atomic E-state index is 0.0186. The topological polar surface area (TPSA) is 91.3 Å². The van der Waals surface area contributed by atoms with Crippen molar-refractivity contribution in [2.24, 2.45) is 0 Å². The second kappa shape index (κ2) is 6.50. The van der Waals surface area contributed by atoms with Crippen molar-refractivity contribution in [3.05, 3.63) is 41.0 Å². The van der Waals surface area contributed by atoms with Gasteiger partial charge in [0.15, 0.2) is 17.3 Å². The summed E-state index contributed by atoms with van der Waals surface area (Å²) in [5.74, 6) is 0.363. The number of benzene rings is 2. The fourth-order valence-electron chi connectivity index (χ4n) is 3.51. The molecule has 2 aliphatic heterocycles. The first-order valence-electron chi connectivity index (χ1n) is 8.54. The number of esters is 1. The number of ketones is 1. The van der Waals surface area contributed by atoms with Crippen molar-refractivity contribution in [3.63, 3.8) is 0 Å². The maximum absolute atomic E-state index is 12.1. The van der Waals surface area contributed by atoms with Crippen LogP contribution in [0.1, 0.15) is 40.7 Å². The lowest BCUT2D eigenvalue weighted by Crippen LogP contribution is -2.22. The zero-order valence-corrected chi connectivity index (χ0v) is 14.9. The Kier molecular flexibility index (Phi) is 4.14. The van der Waals surface area contributed by atoms with Gasteiger partial charge in [-0.2, -0.15) is 0 Å². The molecule has 7 nitrogen and oxygen atoms in total. The number of rotatable bonds is 3. The highest BCUT2D eigenvalue weighted by Gasteiger charge is 2.34. The van der Waals surface area contributed by atoms with Crippen LogP contribution in [0.4, 0.5) is 0 Å². The molecule has 2 aromatic rings. The number of carbonyl (C=O) groups excluding carboxylic acids is 2. The summed E-state index contributed by atoms with van der Waals surface area (Å²) in [5, 5.41) is 10.7. The predicted octanol–water partition coefficient (Wildman–Crippen LogP) is 2.82. The lowest BCUT2D eigenvalue weighted by atomic mass is 9.84. The quantitative estimate of drug-likeness (QED) is 0.505. The molecule has 27 heavy (non-hydrogen) atoms.